The molecule has 1 fully saturated rings. The lowest BCUT2D eigenvalue weighted by molar-refractivity contribution is -0.135. The van der Waals surface area contributed by atoms with Crippen molar-refractivity contribution in [1.29, 1.82) is 0 Å². The molecule has 0 unspecified atom stereocenters. The molecule has 1 aliphatic rings. The number of carbonyl (C=O) groups excluding carboxylic acids is 2. The number of hydrogen-bond acceptors (Lipinski definition) is 7. The van der Waals surface area contributed by atoms with Crippen molar-refractivity contribution in [3.63, 3.8) is 0 Å². The smallest absolute Gasteiger partial charge is 0.260 e. The van der Waals surface area contributed by atoms with Crippen molar-refractivity contribution in [2.24, 2.45) is 0 Å². The van der Waals surface area contributed by atoms with E-state index in [1.165, 1.54) is 11.3 Å². The Balaban J connectivity index is 1.21. The lowest BCUT2D eigenvalue weighted by atomic mass is 10.1. The molecule has 0 radical (unpaired) electrons. The predicted octanol–water partition coefficient (Wildman–Crippen LogP) is 3.24. The molecule has 2 heterocycles. The van der Waals surface area contributed by atoms with Crippen LogP contribution in [-0.4, -0.2) is 71.1 Å². The number of hydrogen-bond donors (Lipinski definition) is 1. The van der Waals surface area contributed by atoms with Crippen LogP contribution in [0.2, 0.25) is 0 Å². The molecule has 0 aliphatic carbocycles. The van der Waals surface area contributed by atoms with Gasteiger partial charge in [-0.2, -0.15) is 0 Å². The number of rotatable bonds is 8. The Morgan fingerprint density at radius 3 is 2.53 bits per heavy atom. The summed E-state index contributed by atoms with van der Waals surface area (Å²) in [6.07, 6.45) is 0.857. The fraction of sp³-hybridized carbons (Fsp3) is 0.360. The normalized spacial score (nSPS) is 14.1. The first-order chi connectivity index (χ1) is 16.5. The Kier molecular flexibility index (Phi) is 7.87. The summed E-state index contributed by atoms with van der Waals surface area (Å²) in [5.74, 6) is 0.593. The van der Waals surface area contributed by atoms with Crippen molar-refractivity contribution in [2.45, 2.75) is 20.3 Å². The van der Waals surface area contributed by atoms with Crippen LogP contribution in [0.4, 0.5) is 5.13 Å². The minimum atomic E-state index is -0.133. The van der Waals surface area contributed by atoms with E-state index in [-0.39, 0.29) is 25.0 Å². The van der Waals surface area contributed by atoms with Gasteiger partial charge in [0.05, 0.1) is 6.54 Å². The monoisotopic (exact) mass is 479 g/mol. The van der Waals surface area contributed by atoms with Crippen molar-refractivity contribution in [3.8, 4) is 16.3 Å². The summed E-state index contributed by atoms with van der Waals surface area (Å²) in [7, 11) is 0. The number of nitrogens with one attached hydrogen (secondary N) is 1. The molecule has 1 N–H and O–H groups in total. The zero-order valence-electron chi connectivity index (χ0n) is 19.5. The molecule has 34 heavy (non-hydrogen) atoms. The summed E-state index contributed by atoms with van der Waals surface area (Å²) in [6.45, 7) is 6.77. The summed E-state index contributed by atoms with van der Waals surface area (Å²) >= 11 is 1.36. The summed E-state index contributed by atoms with van der Waals surface area (Å²) in [6, 6.07) is 15.7. The number of carbonyl (C=O) groups is 2. The molecule has 4 rings (SSSR count). The first-order valence-corrected chi connectivity index (χ1v) is 12.3. The number of nitrogens with zero attached hydrogens (tertiary/aromatic N) is 4. The topological polar surface area (TPSA) is 87.7 Å². The lowest BCUT2D eigenvalue weighted by Gasteiger charge is -2.34. The van der Waals surface area contributed by atoms with Gasteiger partial charge < -0.3 is 9.64 Å². The average Bonchev–Trinajstić information content (AvgIpc) is 3.31. The largest absolute Gasteiger partial charge is 0.483 e. The molecule has 0 saturated carbocycles. The molecule has 1 aromatic heterocycles. The third-order valence-electron chi connectivity index (χ3n) is 5.84. The molecule has 1 aliphatic heterocycles. The van der Waals surface area contributed by atoms with Gasteiger partial charge in [-0.05, 0) is 30.5 Å². The average molecular weight is 480 g/mol. The third kappa shape index (κ3) is 5.98. The minimum Gasteiger partial charge on any atom is -0.483 e. The molecule has 0 atom stereocenters. The molecule has 2 amide bonds. The Morgan fingerprint density at radius 1 is 1.03 bits per heavy atom. The first kappa shape index (κ1) is 23.8. The zero-order chi connectivity index (χ0) is 23.9. The standard InChI is InChI=1S/C25H29N5O3S/c1-3-19-9-5-7-11-21(19)33-17-23(32)30-14-12-29(13-15-30)16-22(31)26-25-28-27-24(34-25)20-10-6-4-8-18(20)2/h4-11H,3,12-17H2,1-2H3,(H,26,28,31). The van der Waals surface area contributed by atoms with Gasteiger partial charge in [-0.3, -0.25) is 19.8 Å². The molecule has 3 aromatic rings. The summed E-state index contributed by atoms with van der Waals surface area (Å²) < 4.78 is 5.76. The second-order valence-electron chi connectivity index (χ2n) is 8.18. The van der Waals surface area contributed by atoms with E-state index in [4.69, 9.17) is 4.74 Å². The van der Waals surface area contributed by atoms with Crippen molar-refractivity contribution < 1.29 is 14.3 Å². The van der Waals surface area contributed by atoms with Crippen molar-refractivity contribution in [1.82, 2.24) is 20.0 Å². The van der Waals surface area contributed by atoms with Crippen LogP contribution >= 0.6 is 11.3 Å². The minimum absolute atomic E-state index is 0.0256. The maximum atomic E-state index is 12.6. The van der Waals surface area contributed by atoms with Gasteiger partial charge in [0.25, 0.3) is 5.91 Å². The SMILES string of the molecule is CCc1ccccc1OCC(=O)N1CCN(CC(=O)Nc2nnc(-c3ccccc3C)s2)CC1. The van der Waals surface area contributed by atoms with Crippen LogP contribution in [0.1, 0.15) is 18.1 Å². The molecule has 2 aromatic carbocycles. The van der Waals surface area contributed by atoms with E-state index in [2.05, 4.69) is 22.4 Å². The predicted molar refractivity (Wildman–Crippen MR) is 133 cm³/mol. The van der Waals surface area contributed by atoms with E-state index in [1.807, 2.05) is 60.4 Å². The fourth-order valence-electron chi connectivity index (χ4n) is 3.88. The van der Waals surface area contributed by atoms with Crippen molar-refractivity contribution in [2.75, 3.05) is 44.6 Å². The molecule has 9 heteroatoms. The van der Waals surface area contributed by atoms with E-state index in [0.29, 0.717) is 31.3 Å². The fourth-order valence-corrected chi connectivity index (χ4v) is 4.73. The van der Waals surface area contributed by atoms with Crippen molar-refractivity contribution in [3.05, 3.63) is 59.7 Å². The highest BCUT2D eigenvalue weighted by Gasteiger charge is 2.23. The van der Waals surface area contributed by atoms with E-state index in [9.17, 15) is 9.59 Å². The number of para-hydroxylation sites is 1. The highest BCUT2D eigenvalue weighted by Crippen LogP contribution is 2.28. The van der Waals surface area contributed by atoms with Crippen LogP contribution in [0.15, 0.2) is 48.5 Å². The molecule has 0 bridgehead atoms. The Bertz CT molecular complexity index is 1140. The summed E-state index contributed by atoms with van der Waals surface area (Å²) in [5.41, 5.74) is 3.22. The highest BCUT2D eigenvalue weighted by molar-refractivity contribution is 7.18. The van der Waals surface area contributed by atoms with Gasteiger partial charge in [0.2, 0.25) is 11.0 Å². The number of ether oxygens (including phenoxy) is 1. The Morgan fingerprint density at radius 2 is 1.76 bits per heavy atom. The maximum Gasteiger partial charge on any atom is 0.260 e. The quantitative estimate of drug-likeness (QED) is 0.534. The van der Waals surface area contributed by atoms with Crippen LogP contribution in [-0.2, 0) is 16.0 Å². The molecule has 178 valence electrons. The number of piperazine rings is 1. The van der Waals surface area contributed by atoms with Crippen LogP contribution in [0, 0.1) is 6.92 Å². The van der Waals surface area contributed by atoms with Crippen molar-refractivity contribution >= 4 is 28.3 Å². The third-order valence-corrected chi connectivity index (χ3v) is 6.72. The van der Waals surface area contributed by atoms with Crippen LogP contribution < -0.4 is 10.1 Å². The van der Waals surface area contributed by atoms with E-state index in [0.717, 1.165) is 33.9 Å². The molecule has 1 saturated heterocycles. The van der Waals surface area contributed by atoms with Crippen LogP contribution in [0.25, 0.3) is 10.6 Å². The number of amides is 2. The highest BCUT2D eigenvalue weighted by atomic mass is 32.1. The van der Waals surface area contributed by atoms with Gasteiger partial charge in [0, 0.05) is 31.7 Å². The first-order valence-electron chi connectivity index (χ1n) is 11.4. The molecular formula is C25H29N5O3S. The second-order valence-corrected chi connectivity index (χ2v) is 9.16. The van der Waals surface area contributed by atoms with E-state index in [1.54, 1.807) is 4.90 Å². The summed E-state index contributed by atoms with van der Waals surface area (Å²) in [5, 5.41) is 12.4. The van der Waals surface area contributed by atoms with Crippen LogP contribution in [0.3, 0.4) is 0 Å². The number of aromatic nitrogens is 2. The van der Waals surface area contributed by atoms with Gasteiger partial charge in [0.15, 0.2) is 6.61 Å². The lowest BCUT2D eigenvalue weighted by Crippen LogP contribution is -2.51. The Hall–Kier alpha value is -3.30. The Labute approximate surface area is 203 Å². The molecular weight excluding hydrogens is 450 g/mol. The van der Waals surface area contributed by atoms with Crippen LogP contribution in [0.5, 0.6) is 5.75 Å². The molecule has 8 nitrogen and oxygen atoms in total. The number of anilines is 1. The van der Waals surface area contributed by atoms with Gasteiger partial charge in [-0.1, -0.05) is 60.7 Å². The summed E-state index contributed by atoms with van der Waals surface area (Å²) in [4.78, 5) is 28.9. The number of benzene rings is 2. The van der Waals surface area contributed by atoms with E-state index >= 15 is 0 Å². The van der Waals surface area contributed by atoms with Gasteiger partial charge >= 0.3 is 0 Å². The zero-order valence-corrected chi connectivity index (χ0v) is 20.3. The maximum absolute atomic E-state index is 12.6. The van der Waals surface area contributed by atoms with E-state index < -0.39 is 0 Å². The van der Waals surface area contributed by atoms with Gasteiger partial charge in [-0.25, -0.2) is 0 Å². The number of aryl methyl sites for hydroxylation is 2. The second kappa shape index (κ2) is 11.2. The van der Waals surface area contributed by atoms with Gasteiger partial charge in [-0.15, -0.1) is 10.2 Å². The molecule has 0 spiro atoms. The van der Waals surface area contributed by atoms with Gasteiger partial charge in [0.1, 0.15) is 10.8 Å².